The van der Waals surface area contributed by atoms with Crippen LogP contribution in [0.2, 0.25) is 0 Å². The molecular formula is C11H15NO2. The molecule has 0 aromatic heterocycles. The Bertz CT molecular complexity index is 308. The zero-order chi connectivity index (χ0) is 10.4. The average molecular weight is 193 g/mol. The highest BCUT2D eigenvalue weighted by atomic mass is 16.5. The molecule has 0 saturated heterocycles. The van der Waals surface area contributed by atoms with Crippen molar-refractivity contribution < 1.29 is 9.94 Å². The molecule has 1 aromatic rings. The zero-order valence-corrected chi connectivity index (χ0v) is 8.47. The third-order valence-electron chi connectivity index (χ3n) is 1.69. The van der Waals surface area contributed by atoms with Crippen LogP contribution in [0.5, 0.6) is 5.75 Å². The van der Waals surface area contributed by atoms with Gasteiger partial charge in [0, 0.05) is 5.56 Å². The van der Waals surface area contributed by atoms with Crippen LogP contribution in [0, 0.1) is 5.92 Å². The van der Waals surface area contributed by atoms with Gasteiger partial charge >= 0.3 is 0 Å². The van der Waals surface area contributed by atoms with E-state index in [4.69, 9.17) is 9.94 Å². The molecular weight excluding hydrogens is 178 g/mol. The van der Waals surface area contributed by atoms with Gasteiger partial charge in [-0.1, -0.05) is 31.1 Å². The first kappa shape index (κ1) is 10.6. The largest absolute Gasteiger partial charge is 0.493 e. The van der Waals surface area contributed by atoms with Crippen molar-refractivity contribution in [2.24, 2.45) is 11.1 Å². The minimum atomic E-state index is 0.481. The van der Waals surface area contributed by atoms with Gasteiger partial charge in [0.15, 0.2) is 0 Å². The summed E-state index contributed by atoms with van der Waals surface area (Å²) >= 11 is 0. The molecule has 14 heavy (non-hydrogen) atoms. The van der Waals surface area contributed by atoms with Crippen LogP contribution in [0.1, 0.15) is 19.4 Å². The minimum absolute atomic E-state index is 0.481. The molecule has 0 heterocycles. The molecule has 76 valence electrons. The molecule has 0 aliphatic rings. The summed E-state index contributed by atoms with van der Waals surface area (Å²) in [5.41, 5.74) is 0.788. The first-order valence-corrected chi connectivity index (χ1v) is 4.63. The van der Waals surface area contributed by atoms with Crippen LogP contribution in [0.15, 0.2) is 29.4 Å². The Morgan fingerprint density at radius 1 is 1.43 bits per heavy atom. The molecule has 0 radical (unpaired) electrons. The van der Waals surface area contributed by atoms with Crippen molar-refractivity contribution in [1.82, 2.24) is 0 Å². The number of rotatable bonds is 4. The highest BCUT2D eigenvalue weighted by molar-refractivity contribution is 5.82. The fourth-order valence-electron chi connectivity index (χ4n) is 1.04. The lowest BCUT2D eigenvalue weighted by molar-refractivity contribution is 0.270. The van der Waals surface area contributed by atoms with Gasteiger partial charge in [0.25, 0.3) is 0 Å². The number of ether oxygens (including phenoxy) is 1. The van der Waals surface area contributed by atoms with Gasteiger partial charge in [0.05, 0.1) is 12.8 Å². The van der Waals surface area contributed by atoms with E-state index in [-0.39, 0.29) is 0 Å². The van der Waals surface area contributed by atoms with Gasteiger partial charge in [0.1, 0.15) is 5.75 Å². The topological polar surface area (TPSA) is 41.8 Å². The lowest BCUT2D eigenvalue weighted by Gasteiger charge is -2.10. The molecule has 0 spiro atoms. The summed E-state index contributed by atoms with van der Waals surface area (Å²) in [6, 6.07) is 7.47. The number of hydrogen-bond acceptors (Lipinski definition) is 3. The SMILES string of the molecule is CC(C)COc1ccccc1/C=N/O. The van der Waals surface area contributed by atoms with Crippen LogP contribution in [0.3, 0.4) is 0 Å². The van der Waals surface area contributed by atoms with Gasteiger partial charge in [-0.25, -0.2) is 0 Å². The van der Waals surface area contributed by atoms with E-state index in [1.807, 2.05) is 24.3 Å². The molecule has 0 aliphatic carbocycles. The normalized spacial score (nSPS) is 11.1. The Labute approximate surface area is 84.0 Å². The van der Waals surface area contributed by atoms with Crippen LogP contribution < -0.4 is 4.74 Å². The van der Waals surface area contributed by atoms with Crippen LogP contribution in [-0.2, 0) is 0 Å². The maximum absolute atomic E-state index is 8.44. The second-order valence-electron chi connectivity index (χ2n) is 3.49. The third kappa shape index (κ3) is 3.09. The van der Waals surface area contributed by atoms with Crippen LogP contribution in [0.4, 0.5) is 0 Å². The molecule has 1 N–H and O–H groups in total. The van der Waals surface area contributed by atoms with Gasteiger partial charge < -0.3 is 9.94 Å². The molecule has 3 nitrogen and oxygen atoms in total. The van der Waals surface area contributed by atoms with Crippen molar-refractivity contribution in [2.75, 3.05) is 6.61 Å². The van der Waals surface area contributed by atoms with Crippen LogP contribution >= 0.6 is 0 Å². The molecule has 3 heteroatoms. The van der Waals surface area contributed by atoms with Crippen molar-refractivity contribution in [2.45, 2.75) is 13.8 Å². The fraction of sp³-hybridized carbons (Fsp3) is 0.364. The average Bonchev–Trinajstić information content (AvgIpc) is 2.17. The number of hydrogen-bond donors (Lipinski definition) is 1. The van der Waals surface area contributed by atoms with Gasteiger partial charge in [-0.2, -0.15) is 0 Å². The van der Waals surface area contributed by atoms with Gasteiger partial charge in [-0.3, -0.25) is 0 Å². The predicted octanol–water partition coefficient (Wildman–Crippen LogP) is 2.53. The minimum Gasteiger partial charge on any atom is -0.493 e. The lowest BCUT2D eigenvalue weighted by atomic mass is 10.2. The summed E-state index contributed by atoms with van der Waals surface area (Å²) in [5.74, 6) is 1.23. The molecule has 0 aliphatic heterocycles. The fourth-order valence-corrected chi connectivity index (χ4v) is 1.04. The van der Waals surface area contributed by atoms with E-state index in [0.717, 1.165) is 11.3 Å². The van der Waals surface area contributed by atoms with E-state index in [2.05, 4.69) is 19.0 Å². The van der Waals surface area contributed by atoms with Crippen LogP contribution in [0.25, 0.3) is 0 Å². The van der Waals surface area contributed by atoms with E-state index >= 15 is 0 Å². The first-order chi connectivity index (χ1) is 6.74. The maximum Gasteiger partial charge on any atom is 0.128 e. The summed E-state index contributed by atoms with van der Waals surface area (Å²) in [6.45, 7) is 4.84. The van der Waals surface area contributed by atoms with E-state index < -0.39 is 0 Å². The smallest absolute Gasteiger partial charge is 0.128 e. The summed E-state index contributed by atoms with van der Waals surface area (Å²) in [4.78, 5) is 0. The number of para-hydroxylation sites is 1. The van der Waals surface area contributed by atoms with E-state index in [1.54, 1.807) is 0 Å². The second kappa shape index (κ2) is 5.27. The molecule has 0 fully saturated rings. The van der Waals surface area contributed by atoms with Gasteiger partial charge in [-0.15, -0.1) is 0 Å². The highest BCUT2D eigenvalue weighted by Crippen LogP contribution is 2.16. The third-order valence-corrected chi connectivity index (χ3v) is 1.69. The molecule has 1 rings (SSSR count). The summed E-state index contributed by atoms with van der Waals surface area (Å²) in [7, 11) is 0. The Hall–Kier alpha value is -1.51. The highest BCUT2D eigenvalue weighted by Gasteiger charge is 2.01. The maximum atomic E-state index is 8.44. The Kier molecular flexibility index (Phi) is 3.98. The molecule has 0 amide bonds. The first-order valence-electron chi connectivity index (χ1n) is 4.63. The Balaban J connectivity index is 2.74. The van der Waals surface area contributed by atoms with Gasteiger partial charge in [0.2, 0.25) is 0 Å². The summed E-state index contributed by atoms with van der Waals surface area (Å²) in [6.07, 6.45) is 1.37. The number of oxime groups is 1. The van der Waals surface area contributed by atoms with Crippen molar-refractivity contribution in [3.05, 3.63) is 29.8 Å². The van der Waals surface area contributed by atoms with E-state index in [9.17, 15) is 0 Å². The summed E-state index contributed by atoms with van der Waals surface area (Å²) < 4.78 is 5.55. The molecule has 0 unspecified atom stereocenters. The Morgan fingerprint density at radius 3 is 2.79 bits per heavy atom. The van der Waals surface area contributed by atoms with E-state index in [0.29, 0.717) is 12.5 Å². The van der Waals surface area contributed by atoms with Gasteiger partial charge in [-0.05, 0) is 18.1 Å². The Morgan fingerprint density at radius 2 is 2.14 bits per heavy atom. The number of nitrogens with zero attached hydrogens (tertiary/aromatic N) is 1. The molecule has 0 bridgehead atoms. The van der Waals surface area contributed by atoms with Crippen LogP contribution in [-0.4, -0.2) is 18.0 Å². The quantitative estimate of drug-likeness (QED) is 0.453. The molecule has 0 saturated carbocycles. The molecule has 1 aromatic carbocycles. The van der Waals surface area contributed by atoms with Crippen molar-refractivity contribution in [3.63, 3.8) is 0 Å². The van der Waals surface area contributed by atoms with Crippen molar-refractivity contribution >= 4 is 6.21 Å². The second-order valence-corrected chi connectivity index (χ2v) is 3.49. The zero-order valence-electron chi connectivity index (χ0n) is 8.47. The van der Waals surface area contributed by atoms with Crippen molar-refractivity contribution in [3.8, 4) is 5.75 Å². The van der Waals surface area contributed by atoms with Crippen molar-refractivity contribution in [1.29, 1.82) is 0 Å². The standard InChI is InChI=1S/C11H15NO2/c1-9(2)8-14-11-6-4-3-5-10(11)7-12-13/h3-7,9,13H,8H2,1-2H3/b12-7+. The number of benzene rings is 1. The van der Waals surface area contributed by atoms with E-state index in [1.165, 1.54) is 6.21 Å². The predicted molar refractivity (Wildman–Crippen MR) is 56.2 cm³/mol. The summed E-state index contributed by atoms with van der Waals surface area (Å²) in [5, 5.41) is 11.4. The monoisotopic (exact) mass is 193 g/mol. The molecule has 0 atom stereocenters. The lowest BCUT2D eigenvalue weighted by Crippen LogP contribution is -2.05.